The molecule has 0 radical (unpaired) electrons. The van der Waals surface area contributed by atoms with Crippen molar-refractivity contribution >= 4 is 29.1 Å². The van der Waals surface area contributed by atoms with E-state index in [1.54, 1.807) is 42.4 Å². The molecule has 0 atom stereocenters. The average Bonchev–Trinajstić information content (AvgIpc) is 3.06. The van der Waals surface area contributed by atoms with Gasteiger partial charge in [-0.25, -0.2) is 0 Å². The SMILES string of the molecule is CN=C/C(=C\N)c1ccc2c(c1)N(c1ccc(C#N)cc1)C(=O)Cc1onc(C)c1-2. The molecule has 0 aliphatic carbocycles. The van der Waals surface area contributed by atoms with E-state index >= 15 is 0 Å². The highest BCUT2D eigenvalue weighted by Crippen LogP contribution is 2.42. The van der Waals surface area contributed by atoms with Crippen molar-refractivity contribution in [1.82, 2.24) is 5.16 Å². The second-order valence-electron chi connectivity index (χ2n) is 6.87. The summed E-state index contributed by atoms with van der Waals surface area (Å²) in [7, 11) is 1.67. The van der Waals surface area contributed by atoms with E-state index < -0.39 is 0 Å². The fourth-order valence-corrected chi connectivity index (χ4v) is 3.66. The topological polar surface area (TPSA) is 109 Å². The Morgan fingerprint density at radius 2 is 2.07 bits per heavy atom. The summed E-state index contributed by atoms with van der Waals surface area (Å²) in [6.45, 7) is 1.86. The monoisotopic (exact) mass is 397 g/mol. The predicted octanol–water partition coefficient (Wildman–Crippen LogP) is 3.74. The van der Waals surface area contributed by atoms with Gasteiger partial charge in [-0.2, -0.15) is 5.26 Å². The Bertz CT molecular complexity index is 1230. The number of nitriles is 1. The molecule has 7 heteroatoms. The van der Waals surface area contributed by atoms with Crippen molar-refractivity contribution in [2.24, 2.45) is 10.7 Å². The predicted molar refractivity (Wildman–Crippen MR) is 115 cm³/mol. The van der Waals surface area contributed by atoms with Crippen molar-refractivity contribution in [3.05, 3.63) is 71.2 Å². The number of benzene rings is 2. The zero-order valence-corrected chi connectivity index (χ0v) is 16.6. The lowest BCUT2D eigenvalue weighted by molar-refractivity contribution is -0.117. The van der Waals surface area contributed by atoms with Crippen molar-refractivity contribution in [3.63, 3.8) is 0 Å². The minimum atomic E-state index is -0.157. The van der Waals surface area contributed by atoms with Crippen LogP contribution in [0.1, 0.15) is 22.6 Å². The van der Waals surface area contributed by atoms with Crippen molar-refractivity contribution in [3.8, 4) is 17.2 Å². The molecule has 0 spiro atoms. The molecule has 1 aromatic heterocycles. The molecule has 0 unspecified atom stereocenters. The Morgan fingerprint density at radius 1 is 1.30 bits per heavy atom. The lowest BCUT2D eigenvalue weighted by Gasteiger charge is -2.24. The minimum absolute atomic E-state index is 0.0796. The van der Waals surface area contributed by atoms with Gasteiger partial charge in [-0.3, -0.25) is 14.7 Å². The molecule has 1 aliphatic rings. The molecule has 2 N–H and O–H groups in total. The van der Waals surface area contributed by atoms with Gasteiger partial charge in [-0.05, 0) is 42.8 Å². The maximum absolute atomic E-state index is 13.3. The maximum Gasteiger partial charge on any atom is 0.239 e. The van der Waals surface area contributed by atoms with Crippen molar-refractivity contribution < 1.29 is 9.32 Å². The first-order chi connectivity index (χ1) is 14.6. The van der Waals surface area contributed by atoms with Gasteiger partial charge in [0.25, 0.3) is 0 Å². The molecule has 0 bridgehead atoms. The van der Waals surface area contributed by atoms with Crippen LogP contribution in [0.3, 0.4) is 0 Å². The third kappa shape index (κ3) is 3.14. The molecule has 30 heavy (non-hydrogen) atoms. The average molecular weight is 397 g/mol. The van der Waals surface area contributed by atoms with Gasteiger partial charge in [0.05, 0.1) is 35.0 Å². The lowest BCUT2D eigenvalue weighted by atomic mass is 9.97. The summed E-state index contributed by atoms with van der Waals surface area (Å²) in [6.07, 6.45) is 3.23. The smallest absolute Gasteiger partial charge is 0.239 e. The Morgan fingerprint density at radius 3 is 2.73 bits per heavy atom. The van der Waals surface area contributed by atoms with Crippen LogP contribution in [0, 0.1) is 18.3 Å². The molecule has 1 aliphatic heterocycles. The first-order valence-corrected chi connectivity index (χ1v) is 9.34. The van der Waals surface area contributed by atoms with Gasteiger partial charge in [0.15, 0.2) is 5.76 Å². The molecule has 2 heterocycles. The van der Waals surface area contributed by atoms with Gasteiger partial charge in [0.1, 0.15) is 0 Å². The molecule has 7 nitrogen and oxygen atoms in total. The molecule has 0 fully saturated rings. The third-order valence-corrected chi connectivity index (χ3v) is 5.04. The number of aromatic nitrogens is 1. The highest BCUT2D eigenvalue weighted by molar-refractivity contribution is 6.12. The number of nitrogens with zero attached hydrogens (tertiary/aromatic N) is 4. The second kappa shape index (κ2) is 7.68. The number of anilines is 2. The first kappa shape index (κ1) is 19.2. The normalized spacial score (nSPS) is 13.7. The zero-order chi connectivity index (χ0) is 21.3. The zero-order valence-electron chi connectivity index (χ0n) is 16.6. The van der Waals surface area contributed by atoms with Crippen LogP contribution in [0.25, 0.3) is 16.7 Å². The Kier molecular flexibility index (Phi) is 4.90. The quantitative estimate of drug-likeness (QED) is 0.677. The largest absolute Gasteiger partial charge is 0.404 e. The summed E-state index contributed by atoms with van der Waals surface area (Å²) in [5, 5.41) is 13.2. The van der Waals surface area contributed by atoms with Crippen LogP contribution < -0.4 is 10.6 Å². The van der Waals surface area contributed by atoms with E-state index in [0.29, 0.717) is 22.7 Å². The summed E-state index contributed by atoms with van der Waals surface area (Å²) in [5.41, 5.74) is 11.6. The van der Waals surface area contributed by atoms with Gasteiger partial charge in [-0.15, -0.1) is 0 Å². The van der Waals surface area contributed by atoms with Crippen LogP contribution in [0.5, 0.6) is 0 Å². The van der Waals surface area contributed by atoms with Crippen LogP contribution in [0.15, 0.2) is 58.2 Å². The van der Waals surface area contributed by atoms with Gasteiger partial charge >= 0.3 is 0 Å². The maximum atomic E-state index is 13.3. The molecular weight excluding hydrogens is 378 g/mol. The molecule has 0 saturated carbocycles. The standard InChI is InChI=1S/C23H19N5O2/c1-14-23-19-8-5-16(17(12-25)13-26-2)9-20(19)28(22(29)10-21(23)30-27-14)18-6-3-15(11-24)4-7-18/h3-9,12-13H,10,25H2,1-2H3/b17-12+,26-13?. The summed E-state index contributed by atoms with van der Waals surface area (Å²) in [5.74, 6) is 0.378. The number of amides is 1. The third-order valence-electron chi connectivity index (χ3n) is 5.04. The number of rotatable bonds is 3. The van der Waals surface area contributed by atoms with E-state index in [4.69, 9.17) is 15.5 Å². The molecule has 148 valence electrons. The lowest BCUT2D eigenvalue weighted by Crippen LogP contribution is -2.26. The van der Waals surface area contributed by atoms with E-state index in [1.165, 1.54) is 6.20 Å². The van der Waals surface area contributed by atoms with Gasteiger partial charge in [-0.1, -0.05) is 17.3 Å². The van der Waals surface area contributed by atoms with Crippen LogP contribution >= 0.6 is 0 Å². The van der Waals surface area contributed by atoms with E-state index in [0.717, 1.165) is 28.0 Å². The Labute approximate surface area is 173 Å². The summed E-state index contributed by atoms with van der Waals surface area (Å²) < 4.78 is 5.46. The van der Waals surface area contributed by atoms with E-state index in [-0.39, 0.29) is 12.3 Å². The highest BCUT2D eigenvalue weighted by atomic mass is 16.5. The van der Waals surface area contributed by atoms with E-state index in [2.05, 4.69) is 16.2 Å². The number of fused-ring (bicyclic) bond motifs is 3. The summed E-state index contributed by atoms with van der Waals surface area (Å²) >= 11 is 0. The molecule has 4 rings (SSSR count). The number of allylic oxidation sites excluding steroid dienone is 1. The van der Waals surface area contributed by atoms with Crippen LogP contribution in [0.4, 0.5) is 11.4 Å². The van der Waals surface area contributed by atoms with Crippen LogP contribution in [0.2, 0.25) is 0 Å². The Balaban J connectivity index is 1.98. The highest BCUT2D eigenvalue weighted by Gasteiger charge is 2.31. The van der Waals surface area contributed by atoms with Crippen molar-refractivity contribution in [1.29, 1.82) is 5.26 Å². The number of aryl methyl sites for hydroxylation is 1. The minimum Gasteiger partial charge on any atom is -0.404 e. The molecule has 0 saturated heterocycles. The Hall–Kier alpha value is -4.18. The van der Waals surface area contributed by atoms with Crippen LogP contribution in [-0.2, 0) is 11.2 Å². The summed E-state index contributed by atoms with van der Waals surface area (Å²) in [6, 6.07) is 14.8. The molecule has 2 aromatic carbocycles. The van der Waals surface area contributed by atoms with Crippen LogP contribution in [-0.4, -0.2) is 24.3 Å². The molecule has 1 amide bonds. The number of hydrogen-bond acceptors (Lipinski definition) is 6. The van der Waals surface area contributed by atoms with E-state index in [1.807, 2.05) is 25.1 Å². The second-order valence-corrected chi connectivity index (χ2v) is 6.87. The van der Waals surface area contributed by atoms with Crippen molar-refractivity contribution in [2.45, 2.75) is 13.3 Å². The molecule has 3 aromatic rings. The number of hydrogen-bond donors (Lipinski definition) is 1. The van der Waals surface area contributed by atoms with Gasteiger partial charge in [0, 0.05) is 36.3 Å². The number of aliphatic imine (C=N–C) groups is 1. The van der Waals surface area contributed by atoms with Gasteiger partial charge in [0.2, 0.25) is 5.91 Å². The number of nitrogens with two attached hydrogens (primary N) is 1. The van der Waals surface area contributed by atoms with Crippen molar-refractivity contribution in [2.75, 3.05) is 11.9 Å². The van der Waals surface area contributed by atoms with E-state index in [9.17, 15) is 4.79 Å². The fraction of sp³-hybridized carbons (Fsp3) is 0.130. The summed E-state index contributed by atoms with van der Waals surface area (Å²) in [4.78, 5) is 19.0. The number of carbonyl (C=O) groups excluding carboxylic acids is 1. The van der Waals surface area contributed by atoms with Gasteiger partial charge < -0.3 is 10.3 Å². The number of carbonyl (C=O) groups is 1. The molecular formula is C23H19N5O2. The fourth-order valence-electron chi connectivity index (χ4n) is 3.66. The first-order valence-electron chi connectivity index (χ1n) is 9.34.